The van der Waals surface area contributed by atoms with Crippen LogP contribution < -0.4 is 0 Å². The standard InChI is InChI=1S/C14H20O2/c1-11(2)9-12(3)16-14(15)10-13-7-5-4-6-8-13/h4-8,11-12H,9-10H2,1-3H3/t12-/m1/s1. The third-order valence-corrected chi connectivity index (χ3v) is 2.33. The average Bonchev–Trinajstić information content (AvgIpc) is 2.17. The molecule has 0 heterocycles. The molecule has 1 atom stereocenters. The van der Waals surface area contributed by atoms with Crippen molar-refractivity contribution in [1.82, 2.24) is 0 Å². The molecule has 0 aliphatic heterocycles. The van der Waals surface area contributed by atoms with Gasteiger partial charge in [0.1, 0.15) is 0 Å². The predicted molar refractivity (Wildman–Crippen MR) is 65.2 cm³/mol. The minimum absolute atomic E-state index is 0.0104. The zero-order chi connectivity index (χ0) is 12.0. The van der Waals surface area contributed by atoms with E-state index in [1.807, 2.05) is 37.3 Å². The van der Waals surface area contributed by atoms with E-state index in [2.05, 4.69) is 13.8 Å². The molecule has 0 aliphatic carbocycles. The van der Waals surface area contributed by atoms with E-state index in [0.717, 1.165) is 12.0 Å². The fraction of sp³-hybridized carbons (Fsp3) is 0.500. The summed E-state index contributed by atoms with van der Waals surface area (Å²) in [5.41, 5.74) is 1.00. The van der Waals surface area contributed by atoms with Gasteiger partial charge in [0.2, 0.25) is 0 Å². The number of carbonyl (C=O) groups is 1. The van der Waals surface area contributed by atoms with Crippen molar-refractivity contribution in [3.63, 3.8) is 0 Å². The fourth-order valence-electron chi connectivity index (χ4n) is 1.74. The first-order valence-corrected chi connectivity index (χ1v) is 5.81. The first-order valence-electron chi connectivity index (χ1n) is 5.81. The average molecular weight is 220 g/mol. The Bertz CT molecular complexity index is 317. The lowest BCUT2D eigenvalue weighted by Gasteiger charge is -2.15. The number of esters is 1. The second kappa shape index (κ2) is 6.31. The van der Waals surface area contributed by atoms with E-state index in [1.165, 1.54) is 0 Å². The van der Waals surface area contributed by atoms with Crippen molar-refractivity contribution in [2.75, 3.05) is 0 Å². The van der Waals surface area contributed by atoms with Crippen molar-refractivity contribution in [1.29, 1.82) is 0 Å². The van der Waals surface area contributed by atoms with Crippen molar-refractivity contribution < 1.29 is 9.53 Å². The van der Waals surface area contributed by atoms with Crippen LogP contribution in [-0.2, 0) is 16.0 Å². The molecule has 0 aromatic heterocycles. The molecule has 1 rings (SSSR count). The second-order valence-corrected chi connectivity index (χ2v) is 4.59. The van der Waals surface area contributed by atoms with E-state index in [9.17, 15) is 4.79 Å². The summed E-state index contributed by atoms with van der Waals surface area (Å²) in [6.45, 7) is 6.20. The summed E-state index contributed by atoms with van der Waals surface area (Å²) in [5.74, 6) is 0.416. The molecular formula is C14H20O2. The summed E-state index contributed by atoms with van der Waals surface area (Å²) in [6, 6.07) is 9.68. The van der Waals surface area contributed by atoms with Crippen LogP contribution in [0.3, 0.4) is 0 Å². The fourth-order valence-corrected chi connectivity index (χ4v) is 1.74. The maximum absolute atomic E-state index is 11.6. The van der Waals surface area contributed by atoms with Gasteiger partial charge in [-0.1, -0.05) is 44.2 Å². The molecule has 0 spiro atoms. The first-order chi connectivity index (χ1) is 7.58. The topological polar surface area (TPSA) is 26.3 Å². The highest BCUT2D eigenvalue weighted by molar-refractivity contribution is 5.72. The number of benzene rings is 1. The smallest absolute Gasteiger partial charge is 0.310 e. The highest BCUT2D eigenvalue weighted by Gasteiger charge is 2.11. The molecule has 0 unspecified atom stereocenters. The minimum atomic E-state index is -0.139. The van der Waals surface area contributed by atoms with Gasteiger partial charge in [-0.2, -0.15) is 0 Å². The minimum Gasteiger partial charge on any atom is -0.462 e. The maximum atomic E-state index is 11.6. The number of ether oxygens (including phenoxy) is 1. The van der Waals surface area contributed by atoms with E-state index >= 15 is 0 Å². The van der Waals surface area contributed by atoms with Gasteiger partial charge >= 0.3 is 5.97 Å². The van der Waals surface area contributed by atoms with Crippen LogP contribution in [0.15, 0.2) is 30.3 Å². The molecule has 0 radical (unpaired) electrons. The summed E-state index contributed by atoms with van der Waals surface area (Å²) in [6.07, 6.45) is 1.29. The monoisotopic (exact) mass is 220 g/mol. The van der Waals surface area contributed by atoms with E-state index in [1.54, 1.807) is 0 Å². The summed E-state index contributed by atoms with van der Waals surface area (Å²) in [5, 5.41) is 0. The Labute approximate surface area is 97.6 Å². The molecule has 0 bridgehead atoms. The molecule has 88 valence electrons. The molecule has 2 nitrogen and oxygen atoms in total. The lowest BCUT2D eigenvalue weighted by atomic mass is 10.1. The Kier molecular flexibility index (Phi) is 5.03. The first kappa shape index (κ1) is 12.8. The van der Waals surface area contributed by atoms with E-state index < -0.39 is 0 Å². The Morgan fingerprint density at radius 1 is 1.19 bits per heavy atom. The summed E-state index contributed by atoms with van der Waals surface area (Å²) in [7, 11) is 0. The molecule has 16 heavy (non-hydrogen) atoms. The molecule has 0 saturated carbocycles. The number of hydrogen-bond donors (Lipinski definition) is 0. The third-order valence-electron chi connectivity index (χ3n) is 2.33. The van der Waals surface area contributed by atoms with Crippen LogP contribution in [-0.4, -0.2) is 12.1 Å². The Hall–Kier alpha value is -1.31. The third kappa shape index (κ3) is 4.96. The van der Waals surface area contributed by atoms with Crippen LogP contribution in [0.5, 0.6) is 0 Å². The van der Waals surface area contributed by atoms with Crippen LogP contribution in [0.1, 0.15) is 32.8 Å². The van der Waals surface area contributed by atoms with Crippen molar-refractivity contribution in [3.05, 3.63) is 35.9 Å². The maximum Gasteiger partial charge on any atom is 0.310 e. The van der Waals surface area contributed by atoms with E-state index in [0.29, 0.717) is 12.3 Å². The van der Waals surface area contributed by atoms with Gasteiger partial charge in [0.15, 0.2) is 0 Å². The van der Waals surface area contributed by atoms with E-state index in [4.69, 9.17) is 4.74 Å². The molecule has 1 aromatic rings. The van der Waals surface area contributed by atoms with Gasteiger partial charge in [0, 0.05) is 0 Å². The Morgan fingerprint density at radius 3 is 2.38 bits per heavy atom. The molecule has 1 aromatic carbocycles. The van der Waals surface area contributed by atoms with Crippen molar-refractivity contribution >= 4 is 5.97 Å². The lowest BCUT2D eigenvalue weighted by Crippen LogP contribution is -2.18. The normalized spacial score (nSPS) is 12.5. The molecule has 0 fully saturated rings. The van der Waals surface area contributed by atoms with Gasteiger partial charge in [0.05, 0.1) is 12.5 Å². The van der Waals surface area contributed by atoms with Crippen LogP contribution >= 0.6 is 0 Å². The van der Waals surface area contributed by atoms with Crippen molar-refractivity contribution in [2.45, 2.75) is 39.7 Å². The Morgan fingerprint density at radius 2 is 1.81 bits per heavy atom. The SMILES string of the molecule is CC(C)C[C@@H](C)OC(=O)Cc1ccccc1. The number of hydrogen-bond acceptors (Lipinski definition) is 2. The van der Waals surface area contributed by atoms with Gasteiger partial charge < -0.3 is 4.74 Å². The molecular weight excluding hydrogens is 200 g/mol. The molecule has 2 heteroatoms. The number of rotatable bonds is 5. The predicted octanol–water partition coefficient (Wildman–Crippen LogP) is 3.21. The van der Waals surface area contributed by atoms with Crippen molar-refractivity contribution in [3.8, 4) is 0 Å². The quantitative estimate of drug-likeness (QED) is 0.712. The summed E-state index contributed by atoms with van der Waals surface area (Å²) in [4.78, 5) is 11.6. The van der Waals surface area contributed by atoms with E-state index in [-0.39, 0.29) is 12.1 Å². The molecule has 0 saturated heterocycles. The van der Waals surface area contributed by atoms with Gasteiger partial charge in [-0.15, -0.1) is 0 Å². The second-order valence-electron chi connectivity index (χ2n) is 4.59. The summed E-state index contributed by atoms with van der Waals surface area (Å²) < 4.78 is 5.33. The highest BCUT2D eigenvalue weighted by Crippen LogP contribution is 2.09. The lowest BCUT2D eigenvalue weighted by molar-refractivity contribution is -0.148. The highest BCUT2D eigenvalue weighted by atomic mass is 16.5. The van der Waals surface area contributed by atoms with Crippen LogP contribution in [0.2, 0.25) is 0 Å². The molecule has 0 aliphatic rings. The zero-order valence-electron chi connectivity index (χ0n) is 10.3. The summed E-state index contributed by atoms with van der Waals surface area (Å²) >= 11 is 0. The van der Waals surface area contributed by atoms with Crippen LogP contribution in [0, 0.1) is 5.92 Å². The van der Waals surface area contributed by atoms with Gasteiger partial charge in [0.25, 0.3) is 0 Å². The molecule has 0 amide bonds. The zero-order valence-corrected chi connectivity index (χ0v) is 10.3. The van der Waals surface area contributed by atoms with Gasteiger partial charge in [-0.3, -0.25) is 4.79 Å². The van der Waals surface area contributed by atoms with Gasteiger partial charge in [-0.05, 0) is 24.8 Å². The van der Waals surface area contributed by atoms with Crippen LogP contribution in [0.4, 0.5) is 0 Å². The van der Waals surface area contributed by atoms with Gasteiger partial charge in [-0.25, -0.2) is 0 Å². The molecule has 0 N–H and O–H groups in total. The Balaban J connectivity index is 2.36. The number of carbonyl (C=O) groups excluding carboxylic acids is 1. The van der Waals surface area contributed by atoms with Crippen LogP contribution in [0.25, 0.3) is 0 Å². The largest absolute Gasteiger partial charge is 0.462 e. The van der Waals surface area contributed by atoms with Crippen molar-refractivity contribution in [2.24, 2.45) is 5.92 Å².